The first-order valence-electron chi connectivity index (χ1n) is 31.8. The van der Waals surface area contributed by atoms with Gasteiger partial charge in [0.05, 0.1) is 25.4 Å². The van der Waals surface area contributed by atoms with E-state index in [1.54, 1.807) is 6.08 Å². The van der Waals surface area contributed by atoms with Crippen LogP contribution in [0.25, 0.3) is 0 Å². The Morgan fingerprint density at radius 3 is 1.13 bits per heavy atom. The van der Waals surface area contributed by atoms with Crippen LogP contribution in [0.1, 0.15) is 341 Å². The number of aliphatic hydroxyl groups excluding tert-OH is 2. The fraction of sp³-hybridized carbons (Fsp3) is 0.877. The van der Waals surface area contributed by atoms with Gasteiger partial charge in [-0.25, -0.2) is 0 Å². The van der Waals surface area contributed by atoms with Gasteiger partial charge in [-0.1, -0.05) is 307 Å². The standard InChI is InChI=1S/C65H123NO5/c1-3-5-7-9-11-13-15-17-18-19-20-21-22-23-24-25-27-30-34-37-41-45-49-53-57-63(68)62(61-67)66-64(69)58-54-50-46-42-38-35-31-28-26-29-32-36-40-44-48-52-56-60-71-65(70)59-55-51-47-43-39-33-16-14-12-10-8-6-4-2/h8,10,14,16,53,57,62-63,67-68H,3-7,9,11-13,15,17-52,54-56,58-61H2,1-2H3,(H,66,69)/b10-8-,16-14-,57-53+. The molecule has 0 fully saturated rings. The lowest BCUT2D eigenvalue weighted by molar-refractivity contribution is -0.143. The smallest absolute Gasteiger partial charge is 0.305 e. The van der Waals surface area contributed by atoms with E-state index < -0.39 is 12.1 Å². The van der Waals surface area contributed by atoms with Crippen LogP contribution in [0.2, 0.25) is 0 Å². The van der Waals surface area contributed by atoms with E-state index in [-0.39, 0.29) is 18.5 Å². The second kappa shape index (κ2) is 60.6. The summed E-state index contributed by atoms with van der Waals surface area (Å²) in [5.41, 5.74) is 0. The lowest BCUT2D eigenvalue weighted by Crippen LogP contribution is -2.45. The predicted octanol–water partition coefficient (Wildman–Crippen LogP) is 20.0. The summed E-state index contributed by atoms with van der Waals surface area (Å²) in [5.74, 6) is -0.0812. The molecule has 0 saturated carbocycles. The molecule has 0 heterocycles. The van der Waals surface area contributed by atoms with Crippen molar-refractivity contribution < 1.29 is 24.5 Å². The van der Waals surface area contributed by atoms with Gasteiger partial charge in [0.25, 0.3) is 0 Å². The number of nitrogens with one attached hydrogen (secondary N) is 1. The third-order valence-electron chi connectivity index (χ3n) is 14.6. The van der Waals surface area contributed by atoms with Gasteiger partial charge in [-0.3, -0.25) is 9.59 Å². The van der Waals surface area contributed by atoms with Gasteiger partial charge in [-0.15, -0.1) is 0 Å². The summed E-state index contributed by atoms with van der Waals surface area (Å²) in [6.45, 7) is 4.85. The Morgan fingerprint density at radius 1 is 0.394 bits per heavy atom. The minimum absolute atomic E-state index is 0.0105. The van der Waals surface area contributed by atoms with E-state index in [1.807, 2.05) is 6.08 Å². The summed E-state index contributed by atoms with van der Waals surface area (Å²) in [4.78, 5) is 24.5. The summed E-state index contributed by atoms with van der Waals surface area (Å²) in [6, 6.07) is -0.634. The average molecular weight is 999 g/mol. The third kappa shape index (κ3) is 57.2. The van der Waals surface area contributed by atoms with E-state index in [0.29, 0.717) is 19.4 Å². The maximum atomic E-state index is 12.5. The Kier molecular flexibility index (Phi) is 59.0. The SMILES string of the molecule is CCC/C=C\C/C=C\CCCCCCCC(=O)OCCCCCCCCCCCCCCCCCCCC(=O)NC(CO)C(O)/C=C/CCCCCCCCCCCCCCCCCCCCCCCC. The van der Waals surface area contributed by atoms with Gasteiger partial charge in [-0.05, 0) is 57.8 Å². The molecule has 0 aromatic carbocycles. The van der Waals surface area contributed by atoms with Gasteiger partial charge in [0.15, 0.2) is 0 Å². The maximum absolute atomic E-state index is 12.5. The fourth-order valence-corrected chi connectivity index (χ4v) is 9.79. The molecular formula is C65H123NO5. The number of amides is 1. The Bertz CT molecular complexity index is 1150. The zero-order chi connectivity index (χ0) is 51.4. The molecule has 0 aromatic rings. The zero-order valence-electron chi connectivity index (χ0n) is 47.7. The van der Waals surface area contributed by atoms with Gasteiger partial charge < -0.3 is 20.3 Å². The molecule has 0 bridgehead atoms. The number of unbranched alkanes of at least 4 members (excludes halogenated alkanes) is 44. The molecule has 6 heteroatoms. The van der Waals surface area contributed by atoms with Crippen molar-refractivity contribution in [1.29, 1.82) is 0 Å². The Morgan fingerprint density at radius 2 is 0.732 bits per heavy atom. The molecular weight excluding hydrogens is 875 g/mol. The van der Waals surface area contributed by atoms with Crippen molar-refractivity contribution in [2.24, 2.45) is 0 Å². The maximum Gasteiger partial charge on any atom is 0.305 e. The van der Waals surface area contributed by atoms with E-state index in [1.165, 1.54) is 263 Å². The van der Waals surface area contributed by atoms with Gasteiger partial charge in [0, 0.05) is 12.8 Å². The molecule has 0 aliphatic heterocycles. The van der Waals surface area contributed by atoms with E-state index in [0.717, 1.165) is 51.4 Å². The third-order valence-corrected chi connectivity index (χ3v) is 14.6. The number of carbonyl (C=O) groups is 2. The van der Waals surface area contributed by atoms with Crippen molar-refractivity contribution in [1.82, 2.24) is 5.32 Å². The van der Waals surface area contributed by atoms with Crippen LogP contribution in [0, 0.1) is 0 Å². The van der Waals surface area contributed by atoms with E-state index in [9.17, 15) is 19.8 Å². The molecule has 1 amide bonds. The highest BCUT2D eigenvalue weighted by Gasteiger charge is 2.18. The van der Waals surface area contributed by atoms with Crippen molar-refractivity contribution >= 4 is 11.9 Å². The van der Waals surface area contributed by atoms with Crippen molar-refractivity contribution in [2.75, 3.05) is 13.2 Å². The molecule has 2 unspecified atom stereocenters. The van der Waals surface area contributed by atoms with E-state index in [4.69, 9.17) is 4.74 Å². The number of aliphatic hydroxyl groups is 2. The Balaban J connectivity index is 3.46. The van der Waals surface area contributed by atoms with Crippen molar-refractivity contribution in [3.63, 3.8) is 0 Å². The summed E-state index contributed by atoms with van der Waals surface area (Å²) in [5, 5.41) is 23.2. The Labute approximate surface area is 443 Å². The Hall–Kier alpha value is -1.92. The average Bonchev–Trinajstić information content (AvgIpc) is 3.37. The number of rotatable bonds is 59. The minimum Gasteiger partial charge on any atom is -0.466 e. The normalized spacial score (nSPS) is 12.8. The molecule has 2 atom stereocenters. The molecule has 418 valence electrons. The van der Waals surface area contributed by atoms with E-state index in [2.05, 4.69) is 43.5 Å². The first-order chi connectivity index (χ1) is 35.0. The molecule has 3 N–H and O–H groups in total. The zero-order valence-corrected chi connectivity index (χ0v) is 47.7. The van der Waals surface area contributed by atoms with Gasteiger partial charge in [0.1, 0.15) is 0 Å². The summed E-state index contributed by atoms with van der Waals surface area (Å²) < 4.78 is 5.46. The second-order valence-electron chi connectivity index (χ2n) is 21.7. The van der Waals surface area contributed by atoms with Crippen molar-refractivity contribution in [2.45, 2.75) is 353 Å². The van der Waals surface area contributed by atoms with Gasteiger partial charge >= 0.3 is 5.97 Å². The van der Waals surface area contributed by atoms with Crippen LogP contribution in [-0.2, 0) is 14.3 Å². The lowest BCUT2D eigenvalue weighted by Gasteiger charge is -2.20. The molecule has 0 radical (unpaired) electrons. The van der Waals surface area contributed by atoms with Crippen LogP contribution in [0.15, 0.2) is 36.5 Å². The highest BCUT2D eigenvalue weighted by atomic mass is 16.5. The molecule has 0 aromatic heterocycles. The molecule has 0 spiro atoms. The minimum atomic E-state index is -0.850. The molecule has 0 aliphatic carbocycles. The molecule has 0 aliphatic rings. The highest BCUT2D eigenvalue weighted by Crippen LogP contribution is 2.18. The van der Waals surface area contributed by atoms with E-state index >= 15 is 0 Å². The first kappa shape index (κ1) is 69.1. The first-order valence-corrected chi connectivity index (χ1v) is 31.8. The van der Waals surface area contributed by atoms with Gasteiger partial charge in [-0.2, -0.15) is 0 Å². The van der Waals surface area contributed by atoms with Gasteiger partial charge in [0.2, 0.25) is 5.91 Å². The molecule has 0 saturated heterocycles. The summed E-state index contributed by atoms with van der Waals surface area (Å²) in [6.07, 6.45) is 76.1. The number of carbonyl (C=O) groups excluding carboxylic acids is 2. The van der Waals surface area contributed by atoms with Crippen LogP contribution >= 0.6 is 0 Å². The van der Waals surface area contributed by atoms with Crippen LogP contribution in [0.4, 0.5) is 0 Å². The highest BCUT2D eigenvalue weighted by molar-refractivity contribution is 5.76. The molecule has 0 rings (SSSR count). The number of hydrogen-bond acceptors (Lipinski definition) is 5. The van der Waals surface area contributed by atoms with Crippen molar-refractivity contribution in [3.8, 4) is 0 Å². The molecule has 71 heavy (non-hydrogen) atoms. The molecule has 6 nitrogen and oxygen atoms in total. The van der Waals surface area contributed by atoms with Crippen LogP contribution in [0.5, 0.6) is 0 Å². The predicted molar refractivity (Wildman–Crippen MR) is 310 cm³/mol. The van der Waals surface area contributed by atoms with Crippen LogP contribution < -0.4 is 5.32 Å². The number of esters is 1. The fourth-order valence-electron chi connectivity index (χ4n) is 9.79. The lowest BCUT2D eigenvalue weighted by atomic mass is 10.0. The number of ether oxygens (including phenoxy) is 1. The topological polar surface area (TPSA) is 95.9 Å². The number of allylic oxidation sites excluding steroid dienone is 5. The monoisotopic (exact) mass is 998 g/mol. The summed E-state index contributed by atoms with van der Waals surface area (Å²) in [7, 11) is 0. The number of hydrogen-bond donors (Lipinski definition) is 3. The quantitative estimate of drug-likeness (QED) is 0.0321. The largest absolute Gasteiger partial charge is 0.466 e. The van der Waals surface area contributed by atoms with Crippen LogP contribution in [-0.4, -0.2) is 47.4 Å². The van der Waals surface area contributed by atoms with Crippen molar-refractivity contribution in [3.05, 3.63) is 36.5 Å². The van der Waals surface area contributed by atoms with Crippen LogP contribution in [0.3, 0.4) is 0 Å². The second-order valence-corrected chi connectivity index (χ2v) is 21.7. The summed E-state index contributed by atoms with van der Waals surface area (Å²) >= 11 is 0.